The van der Waals surface area contributed by atoms with Crippen molar-refractivity contribution in [2.75, 3.05) is 31.6 Å². The minimum Gasteiger partial charge on any atom is -0.423 e. The van der Waals surface area contributed by atoms with Gasteiger partial charge >= 0.3 is 17.8 Å². The Hall–Kier alpha value is -4.54. The van der Waals surface area contributed by atoms with Gasteiger partial charge < -0.3 is 19.7 Å². The predicted molar refractivity (Wildman–Crippen MR) is 140 cm³/mol. The predicted octanol–water partition coefficient (Wildman–Crippen LogP) is 3.12. The van der Waals surface area contributed by atoms with Crippen molar-refractivity contribution >= 4 is 47.2 Å². The first-order chi connectivity index (χ1) is 18.4. The van der Waals surface area contributed by atoms with Crippen LogP contribution >= 0.6 is 11.6 Å². The van der Waals surface area contributed by atoms with E-state index in [9.17, 15) is 19.2 Å². The number of morpholine rings is 1. The number of benzene rings is 3. The Balaban J connectivity index is 1.30. The average molecular weight is 535 g/mol. The van der Waals surface area contributed by atoms with Gasteiger partial charge in [-0.2, -0.15) is 5.10 Å². The summed E-state index contributed by atoms with van der Waals surface area (Å²) in [5, 5.41) is 6.53. The van der Waals surface area contributed by atoms with Gasteiger partial charge in [0.25, 0.3) is 5.91 Å². The number of esters is 1. The van der Waals surface area contributed by atoms with Crippen LogP contribution in [0.25, 0.3) is 0 Å². The molecule has 3 aromatic carbocycles. The molecule has 0 saturated carbocycles. The molecule has 2 N–H and O–H groups in total. The third-order valence-electron chi connectivity index (χ3n) is 5.47. The number of nitrogens with one attached hydrogen (secondary N) is 2. The van der Waals surface area contributed by atoms with Crippen LogP contribution in [0.15, 0.2) is 77.9 Å². The second kappa shape index (κ2) is 12.6. The number of ether oxygens (including phenoxy) is 2. The molecule has 3 amide bonds. The van der Waals surface area contributed by atoms with E-state index in [2.05, 4.69) is 15.8 Å². The van der Waals surface area contributed by atoms with E-state index in [-0.39, 0.29) is 27.7 Å². The van der Waals surface area contributed by atoms with Crippen molar-refractivity contribution in [3.63, 3.8) is 0 Å². The van der Waals surface area contributed by atoms with Gasteiger partial charge in [-0.25, -0.2) is 10.2 Å². The summed E-state index contributed by atoms with van der Waals surface area (Å²) >= 11 is 6.01. The van der Waals surface area contributed by atoms with Gasteiger partial charge in [0.2, 0.25) is 0 Å². The number of nitrogens with zero attached hydrogens (tertiary/aromatic N) is 2. The molecule has 0 unspecified atom stereocenters. The Morgan fingerprint density at radius 3 is 2.24 bits per heavy atom. The highest BCUT2D eigenvalue weighted by atomic mass is 35.5. The Kier molecular flexibility index (Phi) is 8.81. The van der Waals surface area contributed by atoms with E-state index in [0.717, 1.165) is 0 Å². The van der Waals surface area contributed by atoms with Gasteiger partial charge in [-0.3, -0.25) is 14.4 Å². The summed E-state index contributed by atoms with van der Waals surface area (Å²) in [6.45, 7) is 1.77. The van der Waals surface area contributed by atoms with Crippen LogP contribution in [0, 0.1) is 0 Å². The van der Waals surface area contributed by atoms with Crippen LogP contribution in [0.5, 0.6) is 5.75 Å². The number of hydrogen-bond acceptors (Lipinski definition) is 7. The number of anilines is 1. The first-order valence-corrected chi connectivity index (χ1v) is 12.0. The molecule has 10 nitrogen and oxygen atoms in total. The van der Waals surface area contributed by atoms with Crippen LogP contribution in [0.1, 0.15) is 26.3 Å². The number of carbonyl (C=O) groups is 4. The summed E-state index contributed by atoms with van der Waals surface area (Å²) < 4.78 is 10.6. The molecule has 1 fully saturated rings. The largest absolute Gasteiger partial charge is 0.423 e. The standard InChI is InChI=1S/C27H23ClN4O6/c28-22-7-3-1-5-20(22)27(36)38-19-11-9-18(10-12-19)17-29-31-25(34)24(33)30-23-8-4-2-6-21(23)26(35)32-13-15-37-16-14-32/h1-12,17H,13-16H2,(H,30,33)(H,31,34)/b29-17+. The van der Waals surface area contributed by atoms with Gasteiger partial charge in [-0.05, 0) is 54.1 Å². The van der Waals surface area contributed by atoms with Crippen molar-refractivity contribution in [1.29, 1.82) is 0 Å². The molecule has 1 heterocycles. The molecule has 0 aliphatic carbocycles. The zero-order chi connectivity index (χ0) is 26.9. The van der Waals surface area contributed by atoms with Crippen LogP contribution in [0.2, 0.25) is 5.02 Å². The maximum atomic E-state index is 12.8. The lowest BCUT2D eigenvalue weighted by Gasteiger charge is -2.27. The molecule has 1 aliphatic rings. The first-order valence-electron chi connectivity index (χ1n) is 11.6. The lowest BCUT2D eigenvalue weighted by molar-refractivity contribution is -0.136. The van der Waals surface area contributed by atoms with Crippen LogP contribution in [-0.2, 0) is 14.3 Å². The lowest BCUT2D eigenvalue weighted by Crippen LogP contribution is -2.41. The van der Waals surface area contributed by atoms with E-state index in [0.29, 0.717) is 37.6 Å². The van der Waals surface area contributed by atoms with Gasteiger partial charge in [-0.15, -0.1) is 0 Å². The summed E-state index contributed by atoms with van der Waals surface area (Å²) in [5.41, 5.74) is 3.45. The highest BCUT2D eigenvalue weighted by Crippen LogP contribution is 2.20. The number of para-hydroxylation sites is 1. The minimum atomic E-state index is -1.01. The molecule has 11 heteroatoms. The summed E-state index contributed by atoms with van der Waals surface area (Å²) in [5.74, 6) is -2.56. The number of halogens is 1. The van der Waals surface area contributed by atoms with Gasteiger partial charge in [-0.1, -0.05) is 35.9 Å². The third-order valence-corrected chi connectivity index (χ3v) is 5.80. The topological polar surface area (TPSA) is 126 Å². The Morgan fingerprint density at radius 1 is 0.868 bits per heavy atom. The second-order valence-corrected chi connectivity index (χ2v) is 8.45. The fourth-order valence-corrected chi connectivity index (χ4v) is 3.73. The van der Waals surface area contributed by atoms with E-state index in [1.54, 1.807) is 77.7 Å². The van der Waals surface area contributed by atoms with E-state index < -0.39 is 17.8 Å². The normalized spacial score (nSPS) is 13.1. The van der Waals surface area contributed by atoms with Crippen molar-refractivity contribution in [2.45, 2.75) is 0 Å². The molecule has 0 bridgehead atoms. The highest BCUT2D eigenvalue weighted by Gasteiger charge is 2.23. The lowest BCUT2D eigenvalue weighted by atomic mass is 10.1. The van der Waals surface area contributed by atoms with Crippen LogP contribution < -0.4 is 15.5 Å². The first kappa shape index (κ1) is 26.5. The summed E-state index contributed by atoms with van der Waals surface area (Å²) in [6, 6.07) is 19.3. The van der Waals surface area contributed by atoms with Crippen molar-refractivity contribution in [1.82, 2.24) is 10.3 Å². The van der Waals surface area contributed by atoms with Crippen LogP contribution in [-0.4, -0.2) is 61.1 Å². The maximum Gasteiger partial charge on any atom is 0.345 e. The molecular formula is C27H23ClN4O6. The smallest absolute Gasteiger partial charge is 0.345 e. The molecule has 38 heavy (non-hydrogen) atoms. The van der Waals surface area contributed by atoms with E-state index >= 15 is 0 Å². The molecule has 194 valence electrons. The maximum absolute atomic E-state index is 12.8. The van der Waals surface area contributed by atoms with E-state index in [1.165, 1.54) is 6.21 Å². The summed E-state index contributed by atoms with van der Waals surface area (Å²) in [7, 11) is 0. The Bertz CT molecular complexity index is 1370. The van der Waals surface area contributed by atoms with Crippen molar-refractivity contribution in [3.05, 3.63) is 94.5 Å². The summed E-state index contributed by atoms with van der Waals surface area (Å²) in [4.78, 5) is 51.4. The quantitative estimate of drug-likeness (QED) is 0.164. The Morgan fingerprint density at radius 2 is 1.53 bits per heavy atom. The van der Waals surface area contributed by atoms with Gasteiger partial charge in [0.1, 0.15) is 5.75 Å². The monoisotopic (exact) mass is 534 g/mol. The van der Waals surface area contributed by atoms with E-state index in [1.807, 2.05) is 0 Å². The number of rotatable bonds is 6. The van der Waals surface area contributed by atoms with Gasteiger partial charge in [0.05, 0.1) is 41.3 Å². The number of hydrogen-bond donors (Lipinski definition) is 2. The average Bonchev–Trinajstić information content (AvgIpc) is 2.94. The van der Waals surface area contributed by atoms with E-state index in [4.69, 9.17) is 21.1 Å². The summed E-state index contributed by atoms with van der Waals surface area (Å²) in [6.07, 6.45) is 1.32. The molecule has 1 saturated heterocycles. The van der Waals surface area contributed by atoms with Crippen LogP contribution in [0.4, 0.5) is 5.69 Å². The zero-order valence-electron chi connectivity index (χ0n) is 20.1. The zero-order valence-corrected chi connectivity index (χ0v) is 20.8. The molecule has 0 atom stereocenters. The van der Waals surface area contributed by atoms with Gasteiger partial charge in [0.15, 0.2) is 0 Å². The highest BCUT2D eigenvalue weighted by molar-refractivity contribution is 6.40. The third kappa shape index (κ3) is 6.81. The molecule has 0 aromatic heterocycles. The molecular weight excluding hydrogens is 512 g/mol. The SMILES string of the molecule is O=C(N/N=C/c1ccc(OC(=O)c2ccccc2Cl)cc1)C(=O)Nc1ccccc1C(=O)N1CCOCC1. The minimum absolute atomic E-state index is 0.218. The molecule has 3 aromatic rings. The Labute approximate surface area is 223 Å². The fourth-order valence-electron chi connectivity index (χ4n) is 3.52. The second-order valence-electron chi connectivity index (χ2n) is 8.04. The molecule has 0 spiro atoms. The molecule has 1 aliphatic heterocycles. The number of carbonyl (C=O) groups excluding carboxylic acids is 4. The van der Waals surface area contributed by atoms with Crippen LogP contribution in [0.3, 0.4) is 0 Å². The fraction of sp³-hybridized carbons (Fsp3) is 0.148. The van der Waals surface area contributed by atoms with Crippen molar-refractivity contribution in [3.8, 4) is 5.75 Å². The van der Waals surface area contributed by atoms with Crippen molar-refractivity contribution < 1.29 is 28.7 Å². The van der Waals surface area contributed by atoms with Gasteiger partial charge in [0, 0.05) is 13.1 Å². The molecule has 4 rings (SSSR count). The number of amides is 3. The van der Waals surface area contributed by atoms with Crippen molar-refractivity contribution in [2.24, 2.45) is 5.10 Å². The number of hydrazone groups is 1. The molecule has 0 radical (unpaired) electrons.